The third-order valence-electron chi connectivity index (χ3n) is 4.56. The minimum Gasteiger partial charge on any atom is -0.450 e. The zero-order chi connectivity index (χ0) is 17.9. The molecule has 134 valence electrons. The van der Waals surface area contributed by atoms with E-state index in [1.165, 1.54) is 42.4 Å². The second-order valence-electron chi connectivity index (χ2n) is 6.38. The van der Waals surface area contributed by atoms with Crippen molar-refractivity contribution in [3.63, 3.8) is 0 Å². The molecular weight excluding hydrogens is 312 g/mol. The average Bonchev–Trinajstić information content (AvgIpc) is 2.63. The van der Waals surface area contributed by atoms with E-state index in [0.29, 0.717) is 6.42 Å². The van der Waals surface area contributed by atoms with Gasteiger partial charge in [-0.2, -0.15) is 0 Å². The maximum Gasteiger partial charge on any atom is 0.505 e. The summed E-state index contributed by atoms with van der Waals surface area (Å²) in [5.41, 5.74) is 3.86. The van der Waals surface area contributed by atoms with E-state index in [4.69, 9.17) is 9.84 Å². The Bertz CT molecular complexity index is 637. The van der Waals surface area contributed by atoms with Crippen LogP contribution < -0.4 is 0 Å². The predicted octanol–water partition coefficient (Wildman–Crippen LogP) is 6.03. The Hall–Kier alpha value is -2.29. The Morgan fingerprint density at radius 3 is 2.44 bits per heavy atom. The Morgan fingerprint density at radius 1 is 1.00 bits per heavy atom. The first-order chi connectivity index (χ1) is 12.2. The number of rotatable bonds is 10. The van der Waals surface area contributed by atoms with Crippen LogP contribution in [0.4, 0.5) is 4.79 Å². The molecule has 0 fully saturated rings. The number of hydrogen-bond acceptors (Lipinski definition) is 2. The van der Waals surface area contributed by atoms with Crippen molar-refractivity contribution in [3.05, 3.63) is 71.3 Å². The van der Waals surface area contributed by atoms with Crippen molar-refractivity contribution in [3.8, 4) is 0 Å². The summed E-state index contributed by atoms with van der Waals surface area (Å²) in [5.74, 6) is 0.155. The molecule has 0 aliphatic carbocycles. The second kappa shape index (κ2) is 10.5. The normalized spacial score (nSPS) is 11.9. The Morgan fingerprint density at radius 2 is 1.72 bits per heavy atom. The number of benzene rings is 2. The highest BCUT2D eigenvalue weighted by Gasteiger charge is 2.17. The Labute approximate surface area is 150 Å². The van der Waals surface area contributed by atoms with Crippen molar-refractivity contribution in [1.29, 1.82) is 0 Å². The first-order valence-corrected chi connectivity index (χ1v) is 9.20. The van der Waals surface area contributed by atoms with E-state index < -0.39 is 6.16 Å². The van der Waals surface area contributed by atoms with Crippen molar-refractivity contribution >= 4 is 6.16 Å². The lowest BCUT2D eigenvalue weighted by Gasteiger charge is -2.21. The summed E-state index contributed by atoms with van der Waals surface area (Å²) in [6.07, 6.45) is 5.47. The summed E-state index contributed by atoms with van der Waals surface area (Å²) in [6.45, 7) is 2.43. The van der Waals surface area contributed by atoms with Gasteiger partial charge in [0.2, 0.25) is 0 Å². The molecule has 0 heterocycles. The average molecular weight is 340 g/mol. The second-order valence-corrected chi connectivity index (χ2v) is 6.38. The van der Waals surface area contributed by atoms with E-state index in [9.17, 15) is 4.79 Å². The fourth-order valence-corrected chi connectivity index (χ4v) is 3.30. The Kier molecular flexibility index (Phi) is 8.03. The molecule has 0 saturated carbocycles. The molecule has 1 atom stereocenters. The van der Waals surface area contributed by atoms with Crippen LogP contribution in [0.15, 0.2) is 54.6 Å². The molecule has 0 aliphatic rings. The standard InChI is InChI=1S/C22H28O3/c1-2-3-4-6-11-18-14-9-10-15-20(18)21(16-17-25-22(23)24)19-12-7-5-8-13-19/h5,7-10,12-15,21H,2-4,6,11,16-17H2,1H3,(H,23,24). The summed E-state index contributed by atoms with van der Waals surface area (Å²) in [5, 5.41) is 8.77. The van der Waals surface area contributed by atoms with Gasteiger partial charge in [0.25, 0.3) is 0 Å². The van der Waals surface area contributed by atoms with Crippen LogP contribution in [0.2, 0.25) is 0 Å². The van der Waals surface area contributed by atoms with Crippen LogP contribution >= 0.6 is 0 Å². The molecule has 0 bridgehead atoms. The van der Waals surface area contributed by atoms with Crippen molar-refractivity contribution < 1.29 is 14.6 Å². The van der Waals surface area contributed by atoms with Gasteiger partial charge >= 0.3 is 6.16 Å². The van der Waals surface area contributed by atoms with Gasteiger partial charge < -0.3 is 9.84 Å². The van der Waals surface area contributed by atoms with Gasteiger partial charge in [-0.3, -0.25) is 0 Å². The number of carboxylic acid groups (broad SMARTS) is 1. The van der Waals surface area contributed by atoms with E-state index in [1.807, 2.05) is 18.2 Å². The van der Waals surface area contributed by atoms with E-state index >= 15 is 0 Å². The number of hydrogen-bond donors (Lipinski definition) is 1. The van der Waals surface area contributed by atoms with Gasteiger partial charge in [0.1, 0.15) is 0 Å². The van der Waals surface area contributed by atoms with Crippen LogP contribution in [0, 0.1) is 0 Å². The third kappa shape index (κ3) is 6.26. The van der Waals surface area contributed by atoms with Crippen LogP contribution in [0.1, 0.15) is 61.6 Å². The predicted molar refractivity (Wildman–Crippen MR) is 101 cm³/mol. The largest absolute Gasteiger partial charge is 0.505 e. The number of carbonyl (C=O) groups is 1. The molecule has 0 saturated heterocycles. The molecule has 2 aromatic rings. The summed E-state index contributed by atoms with van der Waals surface area (Å²) >= 11 is 0. The van der Waals surface area contributed by atoms with Gasteiger partial charge in [-0.1, -0.05) is 80.8 Å². The highest BCUT2D eigenvalue weighted by Crippen LogP contribution is 2.31. The third-order valence-corrected chi connectivity index (χ3v) is 4.56. The van der Waals surface area contributed by atoms with Gasteiger partial charge in [-0.15, -0.1) is 0 Å². The van der Waals surface area contributed by atoms with Crippen LogP contribution in [0.3, 0.4) is 0 Å². The molecule has 2 aromatic carbocycles. The summed E-state index contributed by atoms with van der Waals surface area (Å²) in [6, 6.07) is 18.8. The molecule has 0 radical (unpaired) electrons. The number of ether oxygens (including phenoxy) is 1. The highest BCUT2D eigenvalue weighted by atomic mass is 16.7. The molecule has 25 heavy (non-hydrogen) atoms. The van der Waals surface area contributed by atoms with Crippen LogP contribution in [0.25, 0.3) is 0 Å². The van der Waals surface area contributed by atoms with Crippen molar-refractivity contribution in [1.82, 2.24) is 0 Å². The molecule has 0 amide bonds. The van der Waals surface area contributed by atoms with Gasteiger partial charge in [-0.05, 0) is 36.0 Å². The first-order valence-electron chi connectivity index (χ1n) is 9.20. The summed E-state index contributed by atoms with van der Waals surface area (Å²) in [7, 11) is 0. The molecule has 3 heteroatoms. The van der Waals surface area contributed by atoms with Gasteiger partial charge in [0, 0.05) is 5.92 Å². The van der Waals surface area contributed by atoms with Crippen LogP contribution in [-0.4, -0.2) is 17.9 Å². The van der Waals surface area contributed by atoms with Crippen molar-refractivity contribution in [2.45, 2.75) is 51.4 Å². The zero-order valence-corrected chi connectivity index (χ0v) is 15.0. The quantitative estimate of drug-likeness (QED) is 0.424. The smallest absolute Gasteiger partial charge is 0.450 e. The SMILES string of the molecule is CCCCCCc1ccccc1C(CCOC(=O)O)c1ccccc1. The van der Waals surface area contributed by atoms with Crippen LogP contribution in [-0.2, 0) is 11.2 Å². The molecule has 3 nitrogen and oxygen atoms in total. The maximum absolute atomic E-state index is 10.7. The summed E-state index contributed by atoms with van der Waals surface area (Å²) < 4.78 is 4.78. The van der Waals surface area contributed by atoms with E-state index in [-0.39, 0.29) is 12.5 Å². The Balaban J connectivity index is 2.19. The van der Waals surface area contributed by atoms with Gasteiger partial charge in [-0.25, -0.2) is 4.79 Å². The lowest BCUT2D eigenvalue weighted by molar-refractivity contribution is 0.0896. The monoisotopic (exact) mass is 340 g/mol. The molecule has 0 aliphatic heterocycles. The molecule has 1 N–H and O–H groups in total. The highest BCUT2D eigenvalue weighted by molar-refractivity contribution is 5.56. The molecular formula is C22H28O3. The van der Waals surface area contributed by atoms with E-state index in [2.05, 4.69) is 43.3 Å². The minimum absolute atomic E-state index is 0.155. The van der Waals surface area contributed by atoms with Gasteiger partial charge in [0.05, 0.1) is 6.61 Å². The minimum atomic E-state index is -1.21. The number of unbranched alkanes of at least 4 members (excludes halogenated alkanes) is 3. The fraction of sp³-hybridized carbons (Fsp3) is 0.409. The molecule has 0 aromatic heterocycles. The number of aryl methyl sites for hydroxylation is 1. The fourth-order valence-electron chi connectivity index (χ4n) is 3.30. The lowest BCUT2D eigenvalue weighted by Crippen LogP contribution is -2.10. The summed E-state index contributed by atoms with van der Waals surface area (Å²) in [4.78, 5) is 10.7. The molecule has 2 rings (SSSR count). The van der Waals surface area contributed by atoms with Gasteiger partial charge in [0.15, 0.2) is 0 Å². The van der Waals surface area contributed by atoms with Crippen molar-refractivity contribution in [2.75, 3.05) is 6.61 Å². The van der Waals surface area contributed by atoms with Crippen LogP contribution in [0.5, 0.6) is 0 Å². The topological polar surface area (TPSA) is 46.5 Å². The van der Waals surface area contributed by atoms with E-state index in [1.54, 1.807) is 0 Å². The molecule has 1 unspecified atom stereocenters. The zero-order valence-electron chi connectivity index (χ0n) is 15.0. The lowest BCUT2D eigenvalue weighted by atomic mass is 9.84. The van der Waals surface area contributed by atoms with Crippen molar-refractivity contribution in [2.24, 2.45) is 0 Å². The first kappa shape index (κ1) is 19.0. The maximum atomic E-state index is 10.7. The molecule has 0 spiro atoms. The van der Waals surface area contributed by atoms with E-state index in [0.717, 1.165) is 6.42 Å².